The van der Waals surface area contributed by atoms with Gasteiger partial charge in [-0.3, -0.25) is 4.79 Å². The molecular formula is C24H40N2O4. The van der Waals surface area contributed by atoms with Crippen LogP contribution in [-0.4, -0.2) is 54.8 Å². The summed E-state index contributed by atoms with van der Waals surface area (Å²) in [5.74, 6) is 1.40. The van der Waals surface area contributed by atoms with Crippen molar-refractivity contribution < 1.29 is 19.4 Å². The number of rotatable bonds is 11. The minimum atomic E-state index is -0.782. The standard InChI is InChI=1S/C23H36N2O4.CH4/c1-2-3-4-5-6-9-22(26)24-19(17-25-12-7-8-13-25)23(27)18-10-11-20-21(16-18)29-15-14-28-20;/h10-11,16,19,23,27H,2-9,12-15,17H2,1H3,(H,24,26);1H4/t19-,23+;/m1./s1. The molecule has 0 spiro atoms. The molecule has 0 aromatic heterocycles. The molecule has 1 fully saturated rings. The van der Waals surface area contributed by atoms with Crippen LogP contribution in [0.2, 0.25) is 0 Å². The van der Waals surface area contributed by atoms with E-state index in [0.717, 1.165) is 31.5 Å². The molecule has 1 amide bonds. The third-order valence-corrected chi connectivity index (χ3v) is 5.80. The summed E-state index contributed by atoms with van der Waals surface area (Å²) in [5, 5.41) is 14.2. The van der Waals surface area contributed by atoms with E-state index < -0.39 is 6.10 Å². The van der Waals surface area contributed by atoms with Crippen LogP contribution in [0.25, 0.3) is 0 Å². The molecule has 170 valence electrons. The van der Waals surface area contributed by atoms with Gasteiger partial charge in [0.05, 0.1) is 6.04 Å². The number of hydrogen-bond acceptors (Lipinski definition) is 5. The van der Waals surface area contributed by atoms with E-state index in [1.165, 1.54) is 32.1 Å². The lowest BCUT2D eigenvalue weighted by Crippen LogP contribution is -2.46. The number of unbranched alkanes of at least 4 members (excludes halogenated alkanes) is 4. The first kappa shape index (κ1) is 24.5. The molecule has 0 aliphatic carbocycles. The Morgan fingerprint density at radius 2 is 1.80 bits per heavy atom. The monoisotopic (exact) mass is 420 g/mol. The minimum absolute atomic E-state index is 0. The van der Waals surface area contributed by atoms with Crippen LogP contribution in [0.1, 0.15) is 77.4 Å². The largest absolute Gasteiger partial charge is 0.486 e. The number of hydrogen-bond donors (Lipinski definition) is 2. The second-order valence-corrected chi connectivity index (χ2v) is 8.19. The topological polar surface area (TPSA) is 71.0 Å². The van der Waals surface area contributed by atoms with Crippen molar-refractivity contribution in [3.05, 3.63) is 23.8 Å². The number of carbonyl (C=O) groups excluding carboxylic acids is 1. The van der Waals surface area contributed by atoms with Crippen molar-refractivity contribution in [2.75, 3.05) is 32.8 Å². The second kappa shape index (κ2) is 12.8. The van der Waals surface area contributed by atoms with Gasteiger partial charge in [0.15, 0.2) is 11.5 Å². The molecule has 1 aromatic rings. The van der Waals surface area contributed by atoms with Gasteiger partial charge >= 0.3 is 0 Å². The normalized spacial score (nSPS) is 17.8. The Morgan fingerprint density at radius 3 is 2.53 bits per heavy atom. The number of carbonyl (C=O) groups is 1. The summed E-state index contributed by atoms with van der Waals surface area (Å²) in [6.07, 6.45) is 7.69. The van der Waals surface area contributed by atoms with Crippen LogP contribution in [0, 0.1) is 0 Å². The van der Waals surface area contributed by atoms with Crippen LogP contribution < -0.4 is 14.8 Å². The fourth-order valence-electron chi connectivity index (χ4n) is 4.11. The molecule has 1 saturated heterocycles. The Kier molecular flexibility index (Phi) is 10.4. The fourth-order valence-corrected chi connectivity index (χ4v) is 4.11. The predicted molar refractivity (Wildman–Crippen MR) is 120 cm³/mol. The molecule has 3 rings (SSSR count). The maximum absolute atomic E-state index is 12.5. The number of aliphatic hydroxyl groups excluding tert-OH is 1. The highest BCUT2D eigenvalue weighted by Gasteiger charge is 2.27. The van der Waals surface area contributed by atoms with Crippen LogP contribution in [0.5, 0.6) is 11.5 Å². The fraction of sp³-hybridized carbons (Fsp3) is 0.708. The molecule has 2 N–H and O–H groups in total. The van der Waals surface area contributed by atoms with Gasteiger partial charge in [-0.1, -0.05) is 46.1 Å². The van der Waals surface area contributed by atoms with E-state index in [1.54, 1.807) is 0 Å². The van der Waals surface area contributed by atoms with Crippen molar-refractivity contribution in [1.82, 2.24) is 10.2 Å². The SMILES string of the molecule is C.CCCCCCCC(=O)N[C@H](CN1CCCC1)[C@@H](O)c1ccc2c(c1)OCCO2. The van der Waals surface area contributed by atoms with Crippen LogP contribution in [-0.2, 0) is 4.79 Å². The molecule has 2 heterocycles. The van der Waals surface area contributed by atoms with E-state index in [-0.39, 0.29) is 19.4 Å². The van der Waals surface area contributed by atoms with Gasteiger partial charge in [0.2, 0.25) is 5.91 Å². The number of fused-ring (bicyclic) bond motifs is 1. The predicted octanol–water partition coefficient (Wildman–Crippen LogP) is 4.07. The summed E-state index contributed by atoms with van der Waals surface area (Å²) >= 11 is 0. The highest BCUT2D eigenvalue weighted by atomic mass is 16.6. The number of amides is 1. The Balaban J connectivity index is 0.00000320. The minimum Gasteiger partial charge on any atom is -0.486 e. The van der Waals surface area contributed by atoms with Gasteiger partial charge in [-0.25, -0.2) is 0 Å². The van der Waals surface area contributed by atoms with Crippen molar-refractivity contribution >= 4 is 5.91 Å². The van der Waals surface area contributed by atoms with Crippen molar-refractivity contribution in [3.63, 3.8) is 0 Å². The van der Waals surface area contributed by atoms with E-state index in [9.17, 15) is 9.90 Å². The van der Waals surface area contributed by atoms with Crippen LogP contribution in [0.15, 0.2) is 18.2 Å². The van der Waals surface area contributed by atoms with Gasteiger partial charge in [0, 0.05) is 13.0 Å². The van der Waals surface area contributed by atoms with Crippen molar-refractivity contribution in [3.8, 4) is 11.5 Å². The lowest BCUT2D eigenvalue weighted by molar-refractivity contribution is -0.123. The lowest BCUT2D eigenvalue weighted by Gasteiger charge is -2.29. The maximum atomic E-state index is 12.5. The highest BCUT2D eigenvalue weighted by molar-refractivity contribution is 5.76. The Bertz CT molecular complexity index is 646. The number of ether oxygens (including phenoxy) is 2. The Morgan fingerprint density at radius 1 is 1.10 bits per heavy atom. The number of likely N-dealkylation sites (tertiary alicyclic amines) is 1. The summed E-state index contributed by atoms with van der Waals surface area (Å²) in [5.41, 5.74) is 0.752. The summed E-state index contributed by atoms with van der Waals surface area (Å²) in [6, 6.07) is 5.22. The summed E-state index contributed by atoms with van der Waals surface area (Å²) < 4.78 is 11.2. The molecule has 2 aliphatic heterocycles. The Labute approximate surface area is 181 Å². The molecule has 0 saturated carbocycles. The van der Waals surface area contributed by atoms with Crippen LogP contribution >= 0.6 is 0 Å². The van der Waals surface area contributed by atoms with Gasteiger partial charge in [0.1, 0.15) is 19.3 Å². The zero-order valence-corrected chi connectivity index (χ0v) is 17.7. The van der Waals surface area contributed by atoms with Crippen molar-refractivity contribution in [1.29, 1.82) is 0 Å². The second-order valence-electron chi connectivity index (χ2n) is 8.19. The number of benzene rings is 1. The smallest absolute Gasteiger partial charge is 0.220 e. The quantitative estimate of drug-likeness (QED) is 0.528. The molecule has 30 heavy (non-hydrogen) atoms. The third-order valence-electron chi connectivity index (χ3n) is 5.80. The third kappa shape index (κ3) is 7.17. The van der Waals surface area contributed by atoms with Crippen molar-refractivity contribution in [2.45, 2.75) is 77.9 Å². The molecule has 0 unspecified atom stereocenters. The molecule has 0 bridgehead atoms. The van der Waals surface area contributed by atoms with Gasteiger partial charge in [-0.05, 0) is 50.0 Å². The van der Waals surface area contributed by atoms with Gasteiger partial charge in [-0.2, -0.15) is 0 Å². The number of nitrogens with zero attached hydrogens (tertiary/aromatic N) is 1. The first-order valence-electron chi connectivity index (χ1n) is 11.3. The average molecular weight is 421 g/mol. The average Bonchev–Trinajstić information content (AvgIpc) is 3.25. The maximum Gasteiger partial charge on any atom is 0.220 e. The first-order chi connectivity index (χ1) is 14.2. The van der Waals surface area contributed by atoms with Gasteiger partial charge in [-0.15, -0.1) is 0 Å². The Hall–Kier alpha value is -1.79. The highest BCUT2D eigenvalue weighted by Crippen LogP contribution is 2.33. The van der Waals surface area contributed by atoms with Crippen LogP contribution in [0.3, 0.4) is 0 Å². The zero-order valence-electron chi connectivity index (χ0n) is 17.7. The molecule has 0 radical (unpaired) electrons. The van der Waals surface area contributed by atoms with E-state index in [1.807, 2.05) is 18.2 Å². The van der Waals surface area contributed by atoms with Crippen LogP contribution in [0.4, 0.5) is 0 Å². The molecule has 2 atom stereocenters. The molecule has 6 nitrogen and oxygen atoms in total. The van der Waals surface area contributed by atoms with E-state index in [4.69, 9.17) is 9.47 Å². The molecule has 1 aromatic carbocycles. The van der Waals surface area contributed by atoms with Gasteiger partial charge in [0.25, 0.3) is 0 Å². The van der Waals surface area contributed by atoms with Gasteiger partial charge < -0.3 is 24.8 Å². The summed E-state index contributed by atoms with van der Waals surface area (Å²) in [4.78, 5) is 14.9. The van der Waals surface area contributed by atoms with Crippen molar-refractivity contribution in [2.24, 2.45) is 0 Å². The summed E-state index contributed by atoms with van der Waals surface area (Å²) in [6.45, 7) is 5.96. The molecular weight excluding hydrogens is 380 g/mol. The van der Waals surface area contributed by atoms with E-state index >= 15 is 0 Å². The summed E-state index contributed by atoms with van der Waals surface area (Å²) in [7, 11) is 0. The molecule has 2 aliphatic rings. The lowest BCUT2D eigenvalue weighted by atomic mass is 10.0. The van der Waals surface area contributed by atoms with E-state index in [2.05, 4.69) is 17.1 Å². The first-order valence-corrected chi connectivity index (χ1v) is 11.3. The number of aliphatic hydroxyl groups is 1. The van der Waals surface area contributed by atoms with E-state index in [0.29, 0.717) is 37.7 Å². The zero-order chi connectivity index (χ0) is 20.5. The molecule has 6 heteroatoms. The number of nitrogens with one attached hydrogen (secondary N) is 1.